The lowest BCUT2D eigenvalue weighted by Crippen LogP contribution is -2.36. The predicted octanol–water partition coefficient (Wildman–Crippen LogP) is 2.85. The summed E-state index contributed by atoms with van der Waals surface area (Å²) in [5.41, 5.74) is -0.837. The summed E-state index contributed by atoms with van der Waals surface area (Å²) >= 11 is 0. The summed E-state index contributed by atoms with van der Waals surface area (Å²) in [6, 6.07) is 1.03. The van der Waals surface area contributed by atoms with Crippen LogP contribution in [0.25, 0.3) is 0 Å². The van der Waals surface area contributed by atoms with E-state index in [2.05, 4.69) is 10.4 Å². The molecule has 0 saturated carbocycles. The number of alkyl halides is 3. The molecule has 0 radical (unpaired) electrons. The second-order valence-corrected chi connectivity index (χ2v) is 3.99. The Hall–Kier alpha value is -1.04. The molecule has 0 aliphatic rings. The minimum Gasteiger partial charge on any atom is -0.312 e. The molecule has 0 amide bonds. The third-order valence-corrected chi connectivity index (χ3v) is 2.80. The molecule has 0 aliphatic carbocycles. The first-order valence-corrected chi connectivity index (χ1v) is 5.75. The zero-order chi connectivity index (χ0) is 13.1. The van der Waals surface area contributed by atoms with Crippen molar-refractivity contribution in [3.05, 3.63) is 18.0 Å². The van der Waals surface area contributed by atoms with Crippen molar-refractivity contribution in [2.45, 2.75) is 45.5 Å². The average molecular weight is 249 g/mol. The van der Waals surface area contributed by atoms with Crippen LogP contribution in [0.5, 0.6) is 0 Å². The van der Waals surface area contributed by atoms with Gasteiger partial charge in [-0.3, -0.25) is 4.68 Å². The fourth-order valence-electron chi connectivity index (χ4n) is 1.82. The lowest BCUT2D eigenvalue weighted by molar-refractivity contribution is -0.141. The van der Waals surface area contributed by atoms with Crippen molar-refractivity contribution in [1.82, 2.24) is 15.1 Å². The van der Waals surface area contributed by atoms with Gasteiger partial charge in [0.15, 0.2) is 5.69 Å². The van der Waals surface area contributed by atoms with Crippen LogP contribution in [0.15, 0.2) is 12.3 Å². The minimum absolute atomic E-state index is 0.101. The minimum atomic E-state index is -4.37. The van der Waals surface area contributed by atoms with Crippen LogP contribution in [-0.4, -0.2) is 22.4 Å². The van der Waals surface area contributed by atoms with Gasteiger partial charge in [-0.15, -0.1) is 0 Å². The molecule has 0 bridgehead atoms. The van der Waals surface area contributed by atoms with Crippen molar-refractivity contribution in [2.75, 3.05) is 6.54 Å². The number of nitrogens with zero attached hydrogens (tertiary/aromatic N) is 2. The van der Waals surface area contributed by atoms with Crippen LogP contribution in [0.2, 0.25) is 0 Å². The predicted molar refractivity (Wildman–Crippen MR) is 59.7 cm³/mol. The Bertz CT molecular complexity index is 346. The fourth-order valence-corrected chi connectivity index (χ4v) is 1.82. The van der Waals surface area contributed by atoms with Crippen LogP contribution < -0.4 is 5.32 Å². The zero-order valence-corrected chi connectivity index (χ0v) is 10.3. The molecule has 3 nitrogen and oxygen atoms in total. The average Bonchev–Trinajstić information content (AvgIpc) is 2.73. The highest BCUT2D eigenvalue weighted by molar-refractivity contribution is 5.04. The molecule has 0 aromatic carbocycles. The van der Waals surface area contributed by atoms with E-state index in [-0.39, 0.29) is 12.1 Å². The summed E-state index contributed by atoms with van der Waals surface area (Å²) in [7, 11) is 0. The Morgan fingerprint density at radius 3 is 2.47 bits per heavy atom. The molecule has 2 unspecified atom stereocenters. The number of rotatable bonds is 5. The third kappa shape index (κ3) is 3.46. The van der Waals surface area contributed by atoms with Crippen molar-refractivity contribution in [3.8, 4) is 0 Å². The topological polar surface area (TPSA) is 29.9 Å². The molecule has 1 aromatic heterocycles. The van der Waals surface area contributed by atoms with Gasteiger partial charge < -0.3 is 5.32 Å². The summed E-state index contributed by atoms with van der Waals surface area (Å²) in [6.07, 6.45) is -2.14. The van der Waals surface area contributed by atoms with E-state index in [1.54, 1.807) is 0 Å². The Kier molecular flexibility index (Phi) is 4.56. The van der Waals surface area contributed by atoms with E-state index in [0.29, 0.717) is 0 Å². The number of halogens is 3. The van der Waals surface area contributed by atoms with Crippen molar-refractivity contribution in [2.24, 2.45) is 0 Å². The molecule has 0 fully saturated rings. The molecule has 0 spiro atoms. The van der Waals surface area contributed by atoms with Crippen molar-refractivity contribution in [1.29, 1.82) is 0 Å². The Balaban J connectivity index is 2.82. The third-order valence-electron chi connectivity index (χ3n) is 2.80. The largest absolute Gasteiger partial charge is 0.435 e. The molecule has 0 saturated heterocycles. The summed E-state index contributed by atoms with van der Waals surface area (Å²) in [6.45, 7) is 6.62. The van der Waals surface area contributed by atoms with Gasteiger partial charge in [-0.1, -0.05) is 13.8 Å². The van der Waals surface area contributed by atoms with Crippen LogP contribution in [0.4, 0.5) is 13.2 Å². The normalized spacial score (nSPS) is 15.9. The molecule has 1 rings (SSSR count). The number of likely N-dealkylation sites (N-methyl/N-ethyl adjacent to an activating group) is 1. The van der Waals surface area contributed by atoms with Gasteiger partial charge in [-0.05, 0) is 26.0 Å². The van der Waals surface area contributed by atoms with E-state index in [0.717, 1.165) is 19.0 Å². The van der Waals surface area contributed by atoms with E-state index in [4.69, 9.17) is 0 Å². The maximum Gasteiger partial charge on any atom is 0.435 e. The number of nitrogens with one attached hydrogen (secondary N) is 1. The van der Waals surface area contributed by atoms with Gasteiger partial charge in [0, 0.05) is 12.2 Å². The molecule has 0 aliphatic heterocycles. The number of aromatic nitrogens is 2. The van der Waals surface area contributed by atoms with Crippen LogP contribution in [0.3, 0.4) is 0 Å². The first kappa shape index (κ1) is 14.0. The molecule has 6 heteroatoms. The molecule has 98 valence electrons. The summed E-state index contributed by atoms with van der Waals surface area (Å²) < 4.78 is 38.6. The van der Waals surface area contributed by atoms with Gasteiger partial charge in [0.25, 0.3) is 0 Å². The molecule has 1 aromatic rings. The summed E-state index contributed by atoms with van der Waals surface area (Å²) in [5, 5.41) is 6.82. The first-order chi connectivity index (χ1) is 7.90. The quantitative estimate of drug-likeness (QED) is 0.869. The molecule has 17 heavy (non-hydrogen) atoms. The van der Waals surface area contributed by atoms with Crippen LogP contribution in [0.1, 0.15) is 38.9 Å². The van der Waals surface area contributed by atoms with E-state index in [1.807, 2.05) is 20.8 Å². The van der Waals surface area contributed by atoms with Gasteiger partial charge in [-0.25, -0.2) is 0 Å². The van der Waals surface area contributed by atoms with Crippen molar-refractivity contribution in [3.63, 3.8) is 0 Å². The van der Waals surface area contributed by atoms with Gasteiger partial charge >= 0.3 is 6.18 Å². The van der Waals surface area contributed by atoms with E-state index in [9.17, 15) is 13.2 Å². The van der Waals surface area contributed by atoms with E-state index < -0.39 is 11.9 Å². The summed E-state index contributed by atoms with van der Waals surface area (Å²) in [4.78, 5) is 0. The smallest absolute Gasteiger partial charge is 0.312 e. The SMILES string of the molecule is CCNC(CC)C(C)n1ccc(C(F)(F)F)n1. The fraction of sp³-hybridized carbons (Fsp3) is 0.727. The maximum absolute atomic E-state index is 12.4. The van der Waals surface area contributed by atoms with Crippen LogP contribution in [-0.2, 0) is 6.18 Å². The summed E-state index contributed by atoms with van der Waals surface area (Å²) in [5.74, 6) is 0. The van der Waals surface area contributed by atoms with E-state index >= 15 is 0 Å². The number of hydrogen-bond acceptors (Lipinski definition) is 2. The maximum atomic E-state index is 12.4. The lowest BCUT2D eigenvalue weighted by Gasteiger charge is -2.23. The number of hydrogen-bond donors (Lipinski definition) is 1. The standard InChI is InChI=1S/C11H18F3N3/c1-4-9(15-5-2)8(3)17-7-6-10(16-17)11(12,13)14/h6-9,15H,4-5H2,1-3H3. The molecular formula is C11H18F3N3. The molecule has 1 heterocycles. The highest BCUT2D eigenvalue weighted by atomic mass is 19.4. The van der Waals surface area contributed by atoms with Crippen molar-refractivity contribution < 1.29 is 13.2 Å². The van der Waals surface area contributed by atoms with Crippen molar-refractivity contribution >= 4 is 0 Å². The monoisotopic (exact) mass is 249 g/mol. The van der Waals surface area contributed by atoms with Gasteiger partial charge in [-0.2, -0.15) is 18.3 Å². The van der Waals surface area contributed by atoms with E-state index in [1.165, 1.54) is 10.9 Å². The first-order valence-electron chi connectivity index (χ1n) is 5.75. The highest BCUT2D eigenvalue weighted by Crippen LogP contribution is 2.28. The molecule has 2 atom stereocenters. The Morgan fingerprint density at radius 2 is 2.06 bits per heavy atom. The Morgan fingerprint density at radius 1 is 1.41 bits per heavy atom. The lowest BCUT2D eigenvalue weighted by atomic mass is 10.1. The van der Waals surface area contributed by atoms with Gasteiger partial charge in [0.05, 0.1) is 6.04 Å². The zero-order valence-electron chi connectivity index (χ0n) is 10.3. The van der Waals surface area contributed by atoms with Crippen LogP contribution in [0, 0.1) is 0 Å². The highest BCUT2D eigenvalue weighted by Gasteiger charge is 2.34. The van der Waals surface area contributed by atoms with Gasteiger partial charge in [0.1, 0.15) is 0 Å². The molecule has 1 N–H and O–H groups in total. The molecular weight excluding hydrogens is 231 g/mol. The Labute approximate surface area is 99.0 Å². The van der Waals surface area contributed by atoms with Crippen LogP contribution >= 0.6 is 0 Å². The van der Waals surface area contributed by atoms with Gasteiger partial charge in [0.2, 0.25) is 0 Å². The second-order valence-electron chi connectivity index (χ2n) is 3.99. The second kappa shape index (κ2) is 5.53.